The van der Waals surface area contributed by atoms with Gasteiger partial charge in [-0.05, 0) is 19.8 Å². The topological polar surface area (TPSA) is 84.2 Å². The summed E-state index contributed by atoms with van der Waals surface area (Å²) < 4.78 is 1.39. The molecule has 0 saturated carbocycles. The minimum Gasteiger partial charge on any atom is -0.478 e. The fraction of sp³-hybridized carbons (Fsp3) is 0.583. The molecule has 0 aromatic carbocycles. The van der Waals surface area contributed by atoms with Crippen molar-refractivity contribution in [3.05, 3.63) is 17.5 Å². The van der Waals surface area contributed by atoms with Crippen LogP contribution in [-0.4, -0.2) is 32.8 Å². The highest BCUT2D eigenvalue weighted by Crippen LogP contribution is 2.07. The van der Waals surface area contributed by atoms with Gasteiger partial charge in [-0.1, -0.05) is 13.8 Å². The molecule has 0 spiro atoms. The standard InChI is InChI=1S/C12H19N3O3/c1-7(2)8(3)14-11(16)6-15-9(4)10(5-13-15)12(17)18/h5,7-8H,6H2,1-4H3,(H,14,16)(H,17,18). The first-order chi connectivity index (χ1) is 8.32. The van der Waals surface area contributed by atoms with Crippen LogP contribution in [0.4, 0.5) is 0 Å². The number of carbonyl (C=O) groups excluding carboxylic acids is 1. The van der Waals surface area contributed by atoms with Gasteiger partial charge in [-0.3, -0.25) is 9.48 Å². The molecule has 1 aromatic rings. The van der Waals surface area contributed by atoms with E-state index >= 15 is 0 Å². The van der Waals surface area contributed by atoms with Crippen LogP contribution in [0.3, 0.4) is 0 Å². The van der Waals surface area contributed by atoms with E-state index in [0.717, 1.165) is 0 Å². The van der Waals surface area contributed by atoms with E-state index in [4.69, 9.17) is 5.11 Å². The Morgan fingerprint density at radius 3 is 2.50 bits per heavy atom. The number of aromatic carboxylic acids is 1. The molecule has 0 aliphatic rings. The van der Waals surface area contributed by atoms with Gasteiger partial charge in [-0.25, -0.2) is 4.79 Å². The molecule has 0 aliphatic carbocycles. The second-order valence-corrected chi connectivity index (χ2v) is 4.71. The molecule has 0 radical (unpaired) electrons. The number of carboxylic acids is 1. The number of carbonyl (C=O) groups is 2. The number of nitrogens with one attached hydrogen (secondary N) is 1. The van der Waals surface area contributed by atoms with Gasteiger partial charge in [0.15, 0.2) is 0 Å². The van der Waals surface area contributed by atoms with E-state index in [1.807, 2.05) is 20.8 Å². The predicted molar refractivity (Wildman–Crippen MR) is 66.4 cm³/mol. The smallest absolute Gasteiger partial charge is 0.339 e. The van der Waals surface area contributed by atoms with Crippen molar-refractivity contribution in [2.24, 2.45) is 5.92 Å². The Balaban J connectivity index is 2.68. The molecular formula is C12H19N3O3. The number of rotatable bonds is 5. The van der Waals surface area contributed by atoms with Gasteiger partial charge in [-0.15, -0.1) is 0 Å². The van der Waals surface area contributed by atoms with Crippen LogP contribution in [-0.2, 0) is 11.3 Å². The molecular weight excluding hydrogens is 234 g/mol. The zero-order valence-electron chi connectivity index (χ0n) is 11.1. The molecule has 2 N–H and O–H groups in total. The number of carboxylic acid groups (broad SMARTS) is 1. The summed E-state index contributed by atoms with van der Waals surface area (Å²) in [6.45, 7) is 7.65. The number of amides is 1. The van der Waals surface area contributed by atoms with Gasteiger partial charge in [0.2, 0.25) is 5.91 Å². The van der Waals surface area contributed by atoms with Crippen molar-refractivity contribution in [2.45, 2.75) is 40.3 Å². The van der Waals surface area contributed by atoms with E-state index in [1.165, 1.54) is 10.9 Å². The van der Waals surface area contributed by atoms with Gasteiger partial charge in [-0.2, -0.15) is 5.10 Å². The summed E-state index contributed by atoms with van der Waals surface area (Å²) in [6.07, 6.45) is 1.26. The number of aromatic nitrogens is 2. The Bertz CT molecular complexity index is 451. The second-order valence-electron chi connectivity index (χ2n) is 4.71. The summed E-state index contributed by atoms with van der Waals surface area (Å²) in [5.74, 6) is -0.851. The Hall–Kier alpha value is -1.85. The molecule has 1 rings (SSSR count). The summed E-state index contributed by atoms with van der Waals surface area (Å²) in [7, 11) is 0. The van der Waals surface area contributed by atoms with Crippen molar-refractivity contribution in [2.75, 3.05) is 0 Å². The first-order valence-corrected chi connectivity index (χ1v) is 5.88. The van der Waals surface area contributed by atoms with Gasteiger partial charge >= 0.3 is 5.97 Å². The van der Waals surface area contributed by atoms with E-state index in [-0.39, 0.29) is 24.1 Å². The van der Waals surface area contributed by atoms with Crippen LogP contribution in [0.25, 0.3) is 0 Å². The summed E-state index contributed by atoms with van der Waals surface area (Å²) in [6, 6.07) is 0.0762. The average Bonchev–Trinajstić information content (AvgIpc) is 2.60. The lowest BCUT2D eigenvalue weighted by atomic mass is 10.1. The Morgan fingerprint density at radius 2 is 2.06 bits per heavy atom. The van der Waals surface area contributed by atoms with Gasteiger partial charge in [0, 0.05) is 6.04 Å². The first-order valence-electron chi connectivity index (χ1n) is 5.88. The fourth-order valence-corrected chi connectivity index (χ4v) is 1.42. The highest BCUT2D eigenvalue weighted by atomic mass is 16.4. The van der Waals surface area contributed by atoms with Crippen LogP contribution in [0.2, 0.25) is 0 Å². The Kier molecular flexibility index (Phi) is 4.47. The van der Waals surface area contributed by atoms with Crippen molar-refractivity contribution in [3.63, 3.8) is 0 Å². The van der Waals surface area contributed by atoms with Crippen molar-refractivity contribution in [3.8, 4) is 0 Å². The summed E-state index contributed by atoms with van der Waals surface area (Å²) in [4.78, 5) is 22.6. The largest absolute Gasteiger partial charge is 0.478 e. The maximum Gasteiger partial charge on any atom is 0.339 e. The first kappa shape index (κ1) is 14.2. The summed E-state index contributed by atoms with van der Waals surface area (Å²) in [5, 5.41) is 15.6. The maximum atomic E-state index is 11.7. The average molecular weight is 253 g/mol. The molecule has 100 valence electrons. The number of nitrogens with zero attached hydrogens (tertiary/aromatic N) is 2. The Labute approximate surface area is 106 Å². The zero-order chi connectivity index (χ0) is 13.9. The van der Waals surface area contributed by atoms with Crippen LogP contribution >= 0.6 is 0 Å². The lowest BCUT2D eigenvalue weighted by Crippen LogP contribution is -2.38. The third-order valence-electron chi connectivity index (χ3n) is 3.02. The van der Waals surface area contributed by atoms with E-state index < -0.39 is 5.97 Å². The monoisotopic (exact) mass is 253 g/mol. The lowest BCUT2D eigenvalue weighted by Gasteiger charge is -2.17. The maximum absolute atomic E-state index is 11.7. The molecule has 1 amide bonds. The van der Waals surface area contributed by atoms with Crippen LogP contribution in [0.5, 0.6) is 0 Å². The second kappa shape index (κ2) is 5.66. The van der Waals surface area contributed by atoms with E-state index in [2.05, 4.69) is 10.4 Å². The third kappa shape index (κ3) is 3.32. The van der Waals surface area contributed by atoms with Crippen molar-refractivity contribution >= 4 is 11.9 Å². The predicted octanol–water partition coefficient (Wildman–Crippen LogP) is 1.05. The molecule has 0 bridgehead atoms. The van der Waals surface area contributed by atoms with E-state index in [1.54, 1.807) is 6.92 Å². The van der Waals surface area contributed by atoms with E-state index in [0.29, 0.717) is 11.6 Å². The lowest BCUT2D eigenvalue weighted by molar-refractivity contribution is -0.122. The normalized spacial score (nSPS) is 12.5. The highest BCUT2D eigenvalue weighted by molar-refractivity contribution is 5.88. The van der Waals surface area contributed by atoms with Gasteiger partial charge in [0.1, 0.15) is 12.1 Å². The highest BCUT2D eigenvalue weighted by Gasteiger charge is 2.16. The zero-order valence-corrected chi connectivity index (χ0v) is 11.1. The number of hydrogen-bond donors (Lipinski definition) is 2. The van der Waals surface area contributed by atoms with Crippen LogP contribution in [0.1, 0.15) is 36.8 Å². The summed E-state index contributed by atoms with van der Waals surface area (Å²) in [5.41, 5.74) is 0.606. The minimum absolute atomic E-state index is 0.0379. The molecule has 0 fully saturated rings. The molecule has 0 saturated heterocycles. The molecule has 6 heteroatoms. The van der Waals surface area contributed by atoms with Crippen LogP contribution < -0.4 is 5.32 Å². The fourth-order valence-electron chi connectivity index (χ4n) is 1.42. The third-order valence-corrected chi connectivity index (χ3v) is 3.02. The molecule has 18 heavy (non-hydrogen) atoms. The van der Waals surface area contributed by atoms with Crippen LogP contribution in [0, 0.1) is 12.8 Å². The van der Waals surface area contributed by atoms with Crippen molar-refractivity contribution < 1.29 is 14.7 Å². The quantitative estimate of drug-likeness (QED) is 0.821. The molecule has 0 aliphatic heterocycles. The van der Waals surface area contributed by atoms with Gasteiger partial charge in [0.25, 0.3) is 0 Å². The molecule has 1 atom stereocenters. The van der Waals surface area contributed by atoms with Gasteiger partial charge < -0.3 is 10.4 Å². The molecule has 1 unspecified atom stereocenters. The summed E-state index contributed by atoms with van der Waals surface area (Å²) >= 11 is 0. The molecule has 1 aromatic heterocycles. The minimum atomic E-state index is -1.03. The van der Waals surface area contributed by atoms with Crippen LogP contribution in [0.15, 0.2) is 6.20 Å². The SMILES string of the molecule is Cc1c(C(=O)O)cnn1CC(=O)NC(C)C(C)C. The molecule has 1 heterocycles. The van der Waals surface area contributed by atoms with Crippen molar-refractivity contribution in [1.29, 1.82) is 0 Å². The molecule has 6 nitrogen and oxygen atoms in total. The Morgan fingerprint density at radius 1 is 1.44 bits per heavy atom. The van der Waals surface area contributed by atoms with Gasteiger partial charge in [0.05, 0.1) is 11.9 Å². The van der Waals surface area contributed by atoms with E-state index in [9.17, 15) is 9.59 Å². The number of hydrogen-bond acceptors (Lipinski definition) is 3. The van der Waals surface area contributed by atoms with Crippen molar-refractivity contribution in [1.82, 2.24) is 15.1 Å².